The second-order valence-corrected chi connectivity index (χ2v) is 7.02. The number of nitrogens with two attached hydrogens (primary N) is 1. The molecule has 0 radical (unpaired) electrons. The Hall–Kier alpha value is -1.88. The molecule has 3 N–H and O–H groups in total. The summed E-state index contributed by atoms with van der Waals surface area (Å²) in [6, 6.07) is 5.37. The highest BCUT2D eigenvalue weighted by Gasteiger charge is 2.37. The molecule has 126 valence electrons. The quantitative estimate of drug-likeness (QED) is 0.899. The van der Waals surface area contributed by atoms with Gasteiger partial charge in [-0.15, -0.1) is 0 Å². The van der Waals surface area contributed by atoms with Gasteiger partial charge in [-0.05, 0) is 50.5 Å². The molecule has 0 aliphatic heterocycles. The number of hydrogen-bond donors (Lipinski definition) is 2. The van der Waals surface area contributed by atoms with E-state index < -0.39 is 5.54 Å². The van der Waals surface area contributed by atoms with Crippen LogP contribution in [-0.2, 0) is 4.79 Å². The number of rotatable bonds is 3. The Kier molecular flexibility index (Phi) is 5.09. The molecule has 1 aromatic carbocycles. The summed E-state index contributed by atoms with van der Waals surface area (Å²) >= 11 is 0. The fourth-order valence-electron chi connectivity index (χ4n) is 3.24. The molecule has 23 heavy (non-hydrogen) atoms. The van der Waals surface area contributed by atoms with Crippen LogP contribution in [0.15, 0.2) is 18.2 Å². The number of carbonyl (C=O) groups excluding carboxylic acids is 2. The maximum absolute atomic E-state index is 12.6. The first kappa shape index (κ1) is 17.5. The van der Waals surface area contributed by atoms with Crippen LogP contribution in [0.4, 0.5) is 5.69 Å². The molecular weight excluding hydrogens is 290 g/mol. The molecule has 1 saturated carbocycles. The van der Waals surface area contributed by atoms with Crippen molar-refractivity contribution in [3.63, 3.8) is 0 Å². The third kappa shape index (κ3) is 3.91. The van der Waals surface area contributed by atoms with Crippen LogP contribution < -0.4 is 11.1 Å². The Labute approximate surface area is 138 Å². The zero-order valence-corrected chi connectivity index (χ0v) is 14.5. The summed E-state index contributed by atoms with van der Waals surface area (Å²) < 4.78 is 0. The molecule has 1 aliphatic carbocycles. The molecule has 1 aliphatic rings. The number of nitrogens with zero attached hydrogens (tertiary/aromatic N) is 1. The smallest absolute Gasteiger partial charge is 0.253 e. The van der Waals surface area contributed by atoms with Crippen LogP contribution in [0.3, 0.4) is 0 Å². The van der Waals surface area contributed by atoms with Crippen molar-refractivity contribution in [1.29, 1.82) is 0 Å². The largest absolute Gasteiger partial charge is 0.345 e. The van der Waals surface area contributed by atoms with Crippen molar-refractivity contribution in [2.75, 3.05) is 19.4 Å². The molecule has 1 aromatic rings. The average Bonchev–Trinajstić information content (AvgIpc) is 2.46. The maximum atomic E-state index is 12.6. The molecule has 2 amide bonds. The predicted molar refractivity (Wildman–Crippen MR) is 92.4 cm³/mol. The van der Waals surface area contributed by atoms with Crippen LogP contribution >= 0.6 is 0 Å². The molecule has 2 unspecified atom stereocenters. The second-order valence-electron chi connectivity index (χ2n) is 7.02. The van der Waals surface area contributed by atoms with E-state index in [-0.39, 0.29) is 17.7 Å². The summed E-state index contributed by atoms with van der Waals surface area (Å²) in [5.41, 5.74) is 8.05. The fraction of sp³-hybridized carbons (Fsp3) is 0.556. The zero-order valence-electron chi connectivity index (χ0n) is 14.5. The Bertz CT molecular complexity index is 608. The van der Waals surface area contributed by atoms with Crippen LogP contribution in [0.25, 0.3) is 0 Å². The molecule has 5 heteroatoms. The van der Waals surface area contributed by atoms with Crippen molar-refractivity contribution in [2.45, 2.75) is 45.1 Å². The highest BCUT2D eigenvalue weighted by Crippen LogP contribution is 2.32. The zero-order chi connectivity index (χ0) is 17.2. The molecule has 0 bridgehead atoms. The second kappa shape index (κ2) is 6.71. The van der Waals surface area contributed by atoms with E-state index in [9.17, 15) is 9.59 Å². The summed E-state index contributed by atoms with van der Waals surface area (Å²) in [6.07, 6.45) is 3.83. The summed E-state index contributed by atoms with van der Waals surface area (Å²) in [7, 11) is 3.45. The number of aryl methyl sites for hydroxylation is 1. The van der Waals surface area contributed by atoms with Crippen LogP contribution in [0, 0.1) is 12.8 Å². The van der Waals surface area contributed by atoms with Crippen LogP contribution in [0.1, 0.15) is 48.5 Å². The lowest BCUT2D eigenvalue weighted by Crippen LogP contribution is -2.51. The minimum absolute atomic E-state index is 0.0270. The summed E-state index contributed by atoms with van der Waals surface area (Å²) in [5.74, 6) is -0.234. The number of benzene rings is 1. The van der Waals surface area contributed by atoms with E-state index in [2.05, 4.69) is 5.32 Å². The lowest BCUT2D eigenvalue weighted by molar-refractivity contribution is -0.122. The van der Waals surface area contributed by atoms with E-state index in [0.29, 0.717) is 11.3 Å². The van der Waals surface area contributed by atoms with Gasteiger partial charge in [0.15, 0.2) is 0 Å². The fourth-order valence-corrected chi connectivity index (χ4v) is 3.24. The highest BCUT2D eigenvalue weighted by molar-refractivity contribution is 5.97. The lowest BCUT2D eigenvalue weighted by Gasteiger charge is -2.37. The molecule has 0 saturated heterocycles. The van der Waals surface area contributed by atoms with Crippen molar-refractivity contribution in [3.05, 3.63) is 29.3 Å². The van der Waals surface area contributed by atoms with E-state index in [0.717, 1.165) is 31.2 Å². The van der Waals surface area contributed by atoms with Gasteiger partial charge >= 0.3 is 0 Å². The monoisotopic (exact) mass is 317 g/mol. The summed E-state index contributed by atoms with van der Waals surface area (Å²) in [5, 5.41) is 2.96. The average molecular weight is 317 g/mol. The summed E-state index contributed by atoms with van der Waals surface area (Å²) in [4.78, 5) is 26.2. The van der Waals surface area contributed by atoms with Gasteiger partial charge in [-0.2, -0.15) is 0 Å². The topological polar surface area (TPSA) is 75.4 Å². The van der Waals surface area contributed by atoms with E-state index in [1.165, 1.54) is 0 Å². The highest BCUT2D eigenvalue weighted by atomic mass is 16.2. The molecule has 0 spiro atoms. The van der Waals surface area contributed by atoms with Gasteiger partial charge in [-0.3, -0.25) is 9.59 Å². The number of anilines is 1. The van der Waals surface area contributed by atoms with Crippen LogP contribution in [0.5, 0.6) is 0 Å². The van der Waals surface area contributed by atoms with Gasteiger partial charge in [0.25, 0.3) is 5.91 Å². The molecule has 5 nitrogen and oxygen atoms in total. The number of carbonyl (C=O) groups is 2. The summed E-state index contributed by atoms with van der Waals surface area (Å²) in [6.45, 7) is 3.83. The van der Waals surface area contributed by atoms with E-state index in [1.54, 1.807) is 31.1 Å². The molecule has 0 aromatic heterocycles. The lowest BCUT2D eigenvalue weighted by atomic mass is 9.74. The number of hydrogen-bond acceptors (Lipinski definition) is 3. The van der Waals surface area contributed by atoms with E-state index in [4.69, 9.17) is 5.73 Å². The number of amides is 2. The van der Waals surface area contributed by atoms with E-state index >= 15 is 0 Å². The Balaban J connectivity index is 2.13. The number of nitrogens with one attached hydrogen (secondary N) is 1. The SMILES string of the molecule is Cc1cc(NC(=O)C2CCCCC2(C)N)ccc1C(=O)N(C)C. The first-order valence-corrected chi connectivity index (χ1v) is 8.14. The van der Waals surface area contributed by atoms with Gasteiger partial charge in [0.05, 0.1) is 5.92 Å². The first-order chi connectivity index (χ1) is 10.7. The molecule has 1 fully saturated rings. The van der Waals surface area contributed by atoms with Crippen molar-refractivity contribution < 1.29 is 9.59 Å². The Morgan fingerprint density at radius 3 is 2.57 bits per heavy atom. The third-order valence-electron chi connectivity index (χ3n) is 4.70. The van der Waals surface area contributed by atoms with Crippen molar-refractivity contribution in [1.82, 2.24) is 4.90 Å². The van der Waals surface area contributed by atoms with Gasteiger partial charge in [-0.25, -0.2) is 0 Å². The maximum Gasteiger partial charge on any atom is 0.253 e. The van der Waals surface area contributed by atoms with Crippen molar-refractivity contribution in [2.24, 2.45) is 11.7 Å². The molecular formula is C18H27N3O2. The van der Waals surface area contributed by atoms with Gasteiger partial charge in [0.2, 0.25) is 5.91 Å². The standard InChI is InChI=1S/C18H27N3O2/c1-12-11-13(8-9-14(12)17(23)21(3)4)20-16(22)15-7-5-6-10-18(15,2)19/h8-9,11,15H,5-7,10,19H2,1-4H3,(H,20,22). The predicted octanol–water partition coefficient (Wildman–Crippen LogP) is 2.54. The minimum Gasteiger partial charge on any atom is -0.345 e. The normalized spacial score (nSPS) is 24.1. The van der Waals surface area contributed by atoms with Gasteiger partial charge in [0.1, 0.15) is 0 Å². The van der Waals surface area contributed by atoms with Gasteiger partial charge < -0.3 is 16.0 Å². The van der Waals surface area contributed by atoms with E-state index in [1.807, 2.05) is 19.9 Å². The Morgan fingerprint density at radius 1 is 1.30 bits per heavy atom. The Morgan fingerprint density at radius 2 is 2.00 bits per heavy atom. The minimum atomic E-state index is -0.446. The molecule has 2 atom stereocenters. The van der Waals surface area contributed by atoms with Crippen molar-refractivity contribution in [3.8, 4) is 0 Å². The molecule has 2 rings (SSSR count). The van der Waals surface area contributed by atoms with Gasteiger partial charge in [0, 0.05) is 30.9 Å². The molecule has 0 heterocycles. The van der Waals surface area contributed by atoms with Crippen molar-refractivity contribution >= 4 is 17.5 Å². The first-order valence-electron chi connectivity index (χ1n) is 8.14. The van der Waals surface area contributed by atoms with Gasteiger partial charge in [-0.1, -0.05) is 12.8 Å². The third-order valence-corrected chi connectivity index (χ3v) is 4.70. The van der Waals surface area contributed by atoms with Crippen LogP contribution in [-0.4, -0.2) is 36.3 Å². The van der Waals surface area contributed by atoms with Crippen LogP contribution in [0.2, 0.25) is 0 Å².